The Morgan fingerprint density at radius 2 is 1.77 bits per heavy atom. The van der Waals surface area contributed by atoms with E-state index < -0.39 is 35.1 Å². The fourth-order valence-corrected chi connectivity index (χ4v) is 6.59. The fourth-order valence-electron chi connectivity index (χ4n) is 5.74. The molecule has 2 atom stereocenters. The summed E-state index contributed by atoms with van der Waals surface area (Å²) in [6.45, 7) is 12.7. The van der Waals surface area contributed by atoms with E-state index in [1.54, 1.807) is 4.90 Å². The number of carbonyl (C=O) groups excluding carboxylic acids is 2. The van der Waals surface area contributed by atoms with E-state index >= 15 is 4.39 Å². The van der Waals surface area contributed by atoms with Crippen molar-refractivity contribution in [3.05, 3.63) is 19.9 Å². The molecule has 2 aliphatic rings. The van der Waals surface area contributed by atoms with Crippen molar-refractivity contribution in [1.82, 2.24) is 29.8 Å². The first-order valence-corrected chi connectivity index (χ1v) is 16.7. The summed E-state index contributed by atoms with van der Waals surface area (Å²) in [4.78, 5) is 36.9. The van der Waals surface area contributed by atoms with Gasteiger partial charge in [-0.05, 0) is 113 Å². The lowest BCUT2D eigenvalue weighted by Crippen LogP contribution is -2.57. The number of carbonyl (C=O) groups is 2. The smallest absolute Gasteiger partial charge is 0.410 e. The normalized spacial score (nSPS) is 20.0. The summed E-state index contributed by atoms with van der Waals surface area (Å²) in [6.07, 6.45) is 0.495. The molecule has 1 aromatic carbocycles. The summed E-state index contributed by atoms with van der Waals surface area (Å²) in [5.41, 5.74) is 0.185. The molecule has 0 aliphatic carbocycles. The van der Waals surface area contributed by atoms with Crippen molar-refractivity contribution in [1.29, 1.82) is 0 Å². The predicted octanol–water partition coefficient (Wildman–Crippen LogP) is 5.91. The monoisotopic (exact) mass is 787 g/mol. The molecule has 2 fully saturated rings. The van der Waals surface area contributed by atoms with Gasteiger partial charge in [0.25, 0.3) is 0 Å². The Bertz CT molecular complexity index is 1600. The zero-order valence-corrected chi connectivity index (χ0v) is 30.2. The lowest BCUT2D eigenvalue weighted by molar-refractivity contribution is -0.156. The topological polar surface area (TPSA) is 106 Å². The maximum absolute atomic E-state index is 15.8. The van der Waals surface area contributed by atoms with Gasteiger partial charge < -0.3 is 24.2 Å². The maximum Gasteiger partial charge on any atom is 0.410 e. The van der Waals surface area contributed by atoms with E-state index in [9.17, 15) is 9.59 Å². The number of nitrogens with zero attached hydrogens (tertiary/aromatic N) is 7. The highest BCUT2D eigenvalue weighted by Gasteiger charge is 2.39. The number of amides is 1. The van der Waals surface area contributed by atoms with Gasteiger partial charge >= 0.3 is 12.1 Å². The van der Waals surface area contributed by atoms with Gasteiger partial charge in [-0.3, -0.25) is 4.79 Å². The predicted molar refractivity (Wildman–Crippen MR) is 178 cm³/mol. The van der Waals surface area contributed by atoms with Gasteiger partial charge in [-0.2, -0.15) is 0 Å². The summed E-state index contributed by atoms with van der Waals surface area (Å²) < 4.78 is 30.0. The van der Waals surface area contributed by atoms with E-state index in [1.807, 2.05) is 66.4 Å². The Hall–Kier alpha value is -2.33. The van der Waals surface area contributed by atoms with Gasteiger partial charge in [-0.25, -0.2) is 18.9 Å². The van der Waals surface area contributed by atoms with Gasteiger partial charge in [-0.15, -0.1) is 5.10 Å². The van der Waals surface area contributed by atoms with Gasteiger partial charge in [0.05, 0.1) is 16.9 Å². The summed E-state index contributed by atoms with van der Waals surface area (Å²) in [5, 5.41) is 9.82. The molecule has 0 N–H and O–H groups in total. The molecule has 5 rings (SSSR count). The molecular weight excluding hydrogens is 748 g/mol. The van der Waals surface area contributed by atoms with Crippen LogP contribution in [0.3, 0.4) is 0 Å². The van der Waals surface area contributed by atoms with Crippen molar-refractivity contribution in [2.45, 2.75) is 90.1 Å². The van der Waals surface area contributed by atoms with Gasteiger partial charge in [-0.1, -0.05) is 5.21 Å². The number of halogens is 3. The molecule has 14 heteroatoms. The number of aromatic nitrogens is 4. The number of rotatable bonds is 5. The molecule has 2 saturated heterocycles. The molecule has 0 saturated carbocycles. The van der Waals surface area contributed by atoms with E-state index in [0.717, 1.165) is 13.1 Å². The van der Waals surface area contributed by atoms with Gasteiger partial charge in [0.1, 0.15) is 22.2 Å². The summed E-state index contributed by atoms with van der Waals surface area (Å²) in [5.74, 6) is -0.234. The SMILES string of the molecule is CN(C)C1CN(c2nc3c(F)c(Br)c(I)cc3c3c2nnn3[C@H]2CCN(C(=O)OC(C)(C)C)[C@H](CC(=O)OC(C)(C)C)C2)C1. The van der Waals surface area contributed by atoms with Crippen LogP contribution in [-0.2, 0) is 14.3 Å². The third kappa shape index (κ3) is 6.76. The molecule has 11 nitrogen and oxygen atoms in total. The third-order valence-corrected chi connectivity index (χ3v) is 10.3. The zero-order chi connectivity index (χ0) is 32.3. The number of fused-ring (bicyclic) bond motifs is 3. The molecule has 4 heterocycles. The molecule has 3 aromatic rings. The molecule has 0 radical (unpaired) electrons. The lowest BCUT2D eigenvalue weighted by atomic mass is 9.94. The highest BCUT2D eigenvalue weighted by atomic mass is 127. The largest absolute Gasteiger partial charge is 0.460 e. The number of esters is 1. The second kappa shape index (κ2) is 12.1. The van der Waals surface area contributed by atoms with Gasteiger partial charge in [0, 0.05) is 40.7 Å². The van der Waals surface area contributed by atoms with Crippen LogP contribution in [0.5, 0.6) is 0 Å². The average Bonchev–Trinajstić information content (AvgIpc) is 3.30. The standard InChI is InChI=1S/C30H40BrFIN7O4/c1-29(2,3)43-21(41)12-17-11-16(9-10-39(17)28(42)44-30(4,5)6)40-26-19-13-20(33)22(31)23(32)24(19)34-27(25(26)35-36-40)38-14-18(15-38)37(7)8/h13,16-18H,9-12,14-15H2,1-8H3/t16-,17-/m0/s1. The number of piperidine rings is 1. The van der Waals surface area contributed by atoms with Crippen molar-refractivity contribution in [3.63, 3.8) is 0 Å². The van der Waals surface area contributed by atoms with Crippen LogP contribution in [0, 0.1) is 9.39 Å². The number of anilines is 1. The van der Waals surface area contributed by atoms with Crippen LogP contribution in [-0.4, -0.2) is 98.9 Å². The van der Waals surface area contributed by atoms with Crippen LogP contribution in [0.15, 0.2) is 10.5 Å². The van der Waals surface area contributed by atoms with Crippen LogP contribution in [0.1, 0.15) is 66.8 Å². The Balaban J connectivity index is 1.56. The lowest BCUT2D eigenvalue weighted by Gasteiger charge is -2.43. The highest BCUT2D eigenvalue weighted by molar-refractivity contribution is 14.1. The van der Waals surface area contributed by atoms with Crippen molar-refractivity contribution in [3.8, 4) is 0 Å². The minimum atomic E-state index is -0.688. The van der Waals surface area contributed by atoms with Crippen LogP contribution in [0.25, 0.3) is 21.9 Å². The number of ether oxygens (including phenoxy) is 2. The Morgan fingerprint density at radius 3 is 2.39 bits per heavy atom. The van der Waals surface area contributed by atoms with Crippen molar-refractivity contribution in [2.75, 3.05) is 38.6 Å². The Morgan fingerprint density at radius 1 is 1.11 bits per heavy atom. The van der Waals surface area contributed by atoms with Crippen LogP contribution >= 0.6 is 38.5 Å². The second-order valence-corrected chi connectivity index (χ2v) is 15.8. The van der Waals surface area contributed by atoms with Crippen LogP contribution in [0.2, 0.25) is 0 Å². The third-order valence-electron chi connectivity index (χ3n) is 7.89. The highest BCUT2D eigenvalue weighted by Crippen LogP contribution is 2.40. The van der Waals surface area contributed by atoms with Crippen molar-refractivity contribution < 1.29 is 23.5 Å². The number of likely N-dealkylation sites (tertiary alicyclic amines) is 1. The zero-order valence-electron chi connectivity index (χ0n) is 26.4. The molecule has 0 unspecified atom stereocenters. The maximum atomic E-state index is 15.8. The summed E-state index contributed by atoms with van der Waals surface area (Å²) >= 11 is 5.49. The number of likely N-dealkylation sites (N-methyl/N-ethyl adjacent to an activating group) is 1. The van der Waals surface area contributed by atoms with Crippen LogP contribution in [0.4, 0.5) is 15.0 Å². The molecule has 0 spiro atoms. The van der Waals surface area contributed by atoms with E-state index in [1.165, 1.54) is 0 Å². The summed E-state index contributed by atoms with van der Waals surface area (Å²) in [7, 11) is 4.08. The quantitative estimate of drug-likeness (QED) is 0.177. The minimum Gasteiger partial charge on any atom is -0.460 e. The van der Waals surface area contributed by atoms with Crippen molar-refractivity contribution >= 4 is 78.3 Å². The number of benzene rings is 1. The first-order chi connectivity index (χ1) is 20.4. The molecule has 44 heavy (non-hydrogen) atoms. The van der Waals surface area contributed by atoms with Gasteiger partial charge in [0.15, 0.2) is 17.2 Å². The van der Waals surface area contributed by atoms with Crippen molar-refractivity contribution in [2.24, 2.45) is 0 Å². The molecule has 2 aromatic heterocycles. The number of hydrogen-bond acceptors (Lipinski definition) is 9. The Kier molecular flexibility index (Phi) is 9.10. The molecule has 2 aliphatic heterocycles. The van der Waals surface area contributed by atoms with E-state index in [4.69, 9.17) is 14.5 Å². The number of pyridine rings is 1. The molecular formula is C30H40BrFIN7O4. The number of hydrogen-bond donors (Lipinski definition) is 0. The van der Waals surface area contributed by atoms with E-state index in [-0.39, 0.29) is 18.0 Å². The summed E-state index contributed by atoms with van der Waals surface area (Å²) in [6, 6.07) is 1.54. The molecule has 0 bridgehead atoms. The molecule has 240 valence electrons. The first kappa shape index (κ1) is 33.0. The molecule has 1 amide bonds. The average molecular weight is 789 g/mol. The first-order valence-electron chi connectivity index (χ1n) is 14.8. The van der Waals surface area contributed by atoms with Crippen LogP contribution < -0.4 is 4.90 Å². The second-order valence-electron chi connectivity index (χ2n) is 13.9. The van der Waals surface area contributed by atoms with E-state index in [0.29, 0.717) is 55.7 Å². The Labute approximate surface area is 279 Å². The van der Waals surface area contributed by atoms with E-state index in [2.05, 4.69) is 58.6 Å². The van der Waals surface area contributed by atoms with Gasteiger partial charge in [0.2, 0.25) is 0 Å². The minimum absolute atomic E-state index is 0.00632. The fraction of sp³-hybridized carbons (Fsp3) is 0.633.